The molecule has 3 heterocycles. The molecule has 3 aliphatic heterocycles. The van der Waals surface area contributed by atoms with Gasteiger partial charge in [0.25, 0.3) is 5.91 Å². The molecule has 3 amide bonds. The monoisotopic (exact) mass is 688 g/mol. The van der Waals surface area contributed by atoms with E-state index in [0.29, 0.717) is 43.8 Å². The molecule has 270 valence electrons. The van der Waals surface area contributed by atoms with Crippen molar-refractivity contribution >= 4 is 23.9 Å². The third kappa shape index (κ3) is 8.84. The molecule has 1 atom stereocenters. The number of fused-ring (bicyclic) bond motifs is 1. The van der Waals surface area contributed by atoms with Crippen LogP contribution in [0.25, 0.3) is 0 Å². The highest BCUT2D eigenvalue weighted by Gasteiger charge is 2.39. The van der Waals surface area contributed by atoms with Gasteiger partial charge in [0.05, 0.1) is 12.2 Å². The normalized spacial score (nSPS) is 22.5. The largest absolute Gasteiger partial charge is 0.460 e. The second-order valence-corrected chi connectivity index (χ2v) is 15.3. The Hall–Kier alpha value is -3.96. The Bertz CT molecular complexity index is 1520. The van der Waals surface area contributed by atoms with Crippen LogP contribution in [0.15, 0.2) is 48.5 Å². The first-order valence-electron chi connectivity index (χ1n) is 18.2. The van der Waals surface area contributed by atoms with Gasteiger partial charge in [-0.05, 0) is 94.4 Å². The highest BCUT2D eigenvalue weighted by atomic mass is 16.6. The van der Waals surface area contributed by atoms with E-state index in [9.17, 15) is 19.2 Å². The maximum Gasteiger partial charge on any atom is 0.410 e. The van der Waals surface area contributed by atoms with Gasteiger partial charge in [0.15, 0.2) is 0 Å². The second-order valence-electron chi connectivity index (χ2n) is 15.3. The summed E-state index contributed by atoms with van der Waals surface area (Å²) in [5, 5.41) is 0. The van der Waals surface area contributed by atoms with Gasteiger partial charge in [-0.2, -0.15) is 0 Å². The Labute approximate surface area is 295 Å². The lowest BCUT2D eigenvalue weighted by Gasteiger charge is -2.47. The average Bonchev–Trinajstić information content (AvgIpc) is 3.40. The Kier molecular flexibility index (Phi) is 11.1. The van der Waals surface area contributed by atoms with Gasteiger partial charge in [-0.25, -0.2) is 4.79 Å². The SMILES string of the molecule is CC(C)(C)OC(=O)CCC(C(N)=O)N1Cc2cc(C3CCC(N4CC(OC5CCN(C(=O)OCc6ccccc6)CC5)C4)CC3)ccc2C1=O. The lowest BCUT2D eigenvalue weighted by atomic mass is 9.80. The van der Waals surface area contributed by atoms with Crippen molar-refractivity contribution in [2.45, 2.75) is 121 Å². The lowest BCUT2D eigenvalue weighted by molar-refractivity contribution is -0.155. The number of esters is 1. The topological polar surface area (TPSA) is 132 Å². The molecule has 1 saturated carbocycles. The molecule has 2 aromatic carbocycles. The van der Waals surface area contributed by atoms with Gasteiger partial charge in [0.2, 0.25) is 5.91 Å². The zero-order valence-electron chi connectivity index (χ0n) is 29.7. The molecule has 50 heavy (non-hydrogen) atoms. The van der Waals surface area contributed by atoms with Crippen LogP contribution in [0.5, 0.6) is 0 Å². The molecule has 3 fully saturated rings. The highest BCUT2D eigenvalue weighted by molar-refractivity contribution is 6.01. The summed E-state index contributed by atoms with van der Waals surface area (Å²) in [5.74, 6) is -0.820. The first-order valence-corrected chi connectivity index (χ1v) is 18.2. The molecule has 4 aliphatic rings. The zero-order chi connectivity index (χ0) is 35.4. The standard InChI is InChI=1S/C39H52N4O7/c1-39(2,3)50-35(44)16-15-34(36(40)45)43-22-29-21-28(11-14-33(29)37(43)46)27-9-12-30(13-10-27)42-23-32(24-42)49-31-17-19-41(20-18-31)38(47)48-25-26-7-5-4-6-8-26/h4-8,11,14,21,27,30-32,34H,9-10,12-13,15-20,22-25H2,1-3H3,(H2,40,45). The smallest absolute Gasteiger partial charge is 0.410 e. The van der Waals surface area contributed by atoms with Crippen LogP contribution in [0.4, 0.5) is 4.79 Å². The zero-order valence-corrected chi connectivity index (χ0v) is 29.7. The molecule has 1 unspecified atom stereocenters. The molecule has 1 aliphatic carbocycles. The number of nitrogens with zero attached hydrogens (tertiary/aromatic N) is 3. The Morgan fingerprint density at radius 1 is 0.920 bits per heavy atom. The van der Waals surface area contributed by atoms with E-state index in [1.165, 1.54) is 10.5 Å². The quantitative estimate of drug-likeness (QED) is 0.321. The number of amides is 3. The molecule has 0 radical (unpaired) electrons. The minimum atomic E-state index is -0.868. The molecule has 0 bridgehead atoms. The first kappa shape index (κ1) is 35.9. The number of carbonyl (C=O) groups is 4. The van der Waals surface area contributed by atoms with Crippen molar-refractivity contribution in [2.24, 2.45) is 5.73 Å². The fourth-order valence-corrected chi connectivity index (χ4v) is 7.85. The summed E-state index contributed by atoms with van der Waals surface area (Å²) in [4.78, 5) is 56.3. The van der Waals surface area contributed by atoms with Crippen LogP contribution in [-0.2, 0) is 37.0 Å². The van der Waals surface area contributed by atoms with E-state index in [0.717, 1.165) is 62.7 Å². The van der Waals surface area contributed by atoms with E-state index in [2.05, 4.69) is 17.0 Å². The van der Waals surface area contributed by atoms with Gasteiger partial charge in [-0.1, -0.05) is 42.5 Å². The number of likely N-dealkylation sites (tertiary alicyclic amines) is 2. The second kappa shape index (κ2) is 15.5. The van der Waals surface area contributed by atoms with Gasteiger partial charge in [-0.15, -0.1) is 0 Å². The van der Waals surface area contributed by atoms with Crippen LogP contribution in [-0.4, -0.2) is 94.6 Å². The first-order chi connectivity index (χ1) is 23.9. The van der Waals surface area contributed by atoms with Gasteiger partial charge < -0.3 is 29.7 Å². The molecule has 2 N–H and O–H groups in total. The van der Waals surface area contributed by atoms with E-state index in [4.69, 9.17) is 19.9 Å². The van der Waals surface area contributed by atoms with Gasteiger partial charge in [0.1, 0.15) is 18.2 Å². The summed E-state index contributed by atoms with van der Waals surface area (Å²) in [7, 11) is 0. The number of piperidine rings is 1. The predicted octanol–water partition coefficient (Wildman–Crippen LogP) is 5.15. The summed E-state index contributed by atoms with van der Waals surface area (Å²) >= 11 is 0. The van der Waals surface area contributed by atoms with Crippen LogP contribution in [0.2, 0.25) is 0 Å². The van der Waals surface area contributed by atoms with E-state index in [-0.39, 0.29) is 37.0 Å². The summed E-state index contributed by atoms with van der Waals surface area (Å²) < 4.78 is 17.3. The number of benzene rings is 2. The molecule has 11 nitrogen and oxygen atoms in total. The maximum absolute atomic E-state index is 13.3. The molecular formula is C39H52N4O7. The summed E-state index contributed by atoms with van der Waals surface area (Å²) in [5.41, 5.74) is 8.83. The maximum atomic E-state index is 13.3. The van der Waals surface area contributed by atoms with E-state index in [1.807, 2.05) is 36.4 Å². The predicted molar refractivity (Wildman–Crippen MR) is 187 cm³/mol. The summed E-state index contributed by atoms with van der Waals surface area (Å²) in [6.45, 7) is 9.22. The Morgan fingerprint density at radius 2 is 1.62 bits per heavy atom. The summed E-state index contributed by atoms with van der Waals surface area (Å²) in [6, 6.07) is 15.5. The van der Waals surface area contributed by atoms with E-state index in [1.54, 1.807) is 25.7 Å². The van der Waals surface area contributed by atoms with Gasteiger partial charge >= 0.3 is 12.1 Å². The number of primary amides is 1. The molecule has 0 aromatic heterocycles. The van der Waals surface area contributed by atoms with Crippen molar-refractivity contribution < 1.29 is 33.4 Å². The van der Waals surface area contributed by atoms with Crippen LogP contribution < -0.4 is 5.73 Å². The van der Waals surface area contributed by atoms with Gasteiger partial charge in [0, 0.05) is 50.7 Å². The van der Waals surface area contributed by atoms with Crippen molar-refractivity contribution in [1.82, 2.24) is 14.7 Å². The highest BCUT2D eigenvalue weighted by Crippen LogP contribution is 2.38. The lowest BCUT2D eigenvalue weighted by Crippen LogP contribution is -2.58. The molecule has 6 rings (SSSR count). The van der Waals surface area contributed by atoms with Crippen LogP contribution >= 0.6 is 0 Å². The number of ether oxygens (including phenoxy) is 3. The Balaban J connectivity index is 0.908. The number of carbonyl (C=O) groups excluding carboxylic acids is 4. The van der Waals surface area contributed by atoms with Crippen molar-refractivity contribution in [3.8, 4) is 0 Å². The molecule has 2 aromatic rings. The third-order valence-electron chi connectivity index (χ3n) is 10.6. The minimum Gasteiger partial charge on any atom is -0.460 e. The summed E-state index contributed by atoms with van der Waals surface area (Å²) in [6.07, 6.45) is 6.41. The van der Waals surface area contributed by atoms with Crippen molar-refractivity contribution in [1.29, 1.82) is 0 Å². The Morgan fingerprint density at radius 3 is 2.28 bits per heavy atom. The third-order valence-corrected chi connectivity index (χ3v) is 10.6. The molecular weight excluding hydrogens is 636 g/mol. The molecule has 11 heteroatoms. The average molecular weight is 689 g/mol. The van der Waals surface area contributed by atoms with Crippen LogP contribution in [0.3, 0.4) is 0 Å². The molecule has 2 saturated heterocycles. The number of rotatable bonds is 11. The van der Waals surface area contributed by atoms with Crippen molar-refractivity contribution in [3.05, 3.63) is 70.8 Å². The molecule has 0 spiro atoms. The fourth-order valence-electron chi connectivity index (χ4n) is 7.85. The van der Waals surface area contributed by atoms with Crippen LogP contribution in [0.1, 0.15) is 105 Å². The number of nitrogens with two attached hydrogens (primary N) is 1. The van der Waals surface area contributed by atoms with E-state index >= 15 is 0 Å². The van der Waals surface area contributed by atoms with Crippen LogP contribution in [0, 0.1) is 0 Å². The number of hydrogen-bond acceptors (Lipinski definition) is 8. The van der Waals surface area contributed by atoms with Crippen molar-refractivity contribution in [2.75, 3.05) is 26.2 Å². The number of hydrogen-bond donors (Lipinski definition) is 1. The van der Waals surface area contributed by atoms with Gasteiger partial charge in [-0.3, -0.25) is 19.3 Å². The minimum absolute atomic E-state index is 0.0105. The fraction of sp³-hybridized carbons (Fsp3) is 0.590. The van der Waals surface area contributed by atoms with E-state index < -0.39 is 23.5 Å². The van der Waals surface area contributed by atoms with Crippen molar-refractivity contribution in [3.63, 3.8) is 0 Å².